The van der Waals surface area contributed by atoms with E-state index in [2.05, 4.69) is 21.2 Å². The minimum absolute atomic E-state index is 0.202. The number of rotatable bonds is 2. The maximum absolute atomic E-state index is 12.4. The van der Waals surface area contributed by atoms with Gasteiger partial charge in [-0.15, -0.1) is 0 Å². The largest absolute Gasteiger partial charge is 0.321 e. The Morgan fingerprint density at radius 3 is 2.50 bits per heavy atom. The third-order valence-corrected chi connectivity index (χ3v) is 4.23. The molecule has 20 heavy (non-hydrogen) atoms. The second-order valence-corrected chi connectivity index (χ2v) is 6.06. The van der Waals surface area contributed by atoms with E-state index in [1.54, 1.807) is 6.07 Å². The van der Waals surface area contributed by atoms with Crippen molar-refractivity contribution in [2.24, 2.45) is 0 Å². The molecule has 0 bridgehead atoms. The number of aryl methyl sites for hydroxylation is 3. The molecule has 0 aliphatic rings. The molecule has 2 aromatic rings. The fourth-order valence-electron chi connectivity index (χ4n) is 2.08. The number of benzene rings is 2. The highest BCUT2D eigenvalue weighted by Crippen LogP contribution is 2.29. The molecule has 0 saturated carbocycles. The number of carbonyl (C=O) groups excluding carboxylic acids is 1. The molecule has 2 rings (SSSR count). The van der Waals surface area contributed by atoms with Crippen molar-refractivity contribution in [3.8, 4) is 0 Å². The summed E-state index contributed by atoms with van der Waals surface area (Å²) in [5.41, 5.74) is 4.30. The van der Waals surface area contributed by atoms with Crippen LogP contribution in [-0.2, 0) is 0 Å². The van der Waals surface area contributed by atoms with Crippen molar-refractivity contribution >= 4 is 39.1 Å². The number of amides is 1. The maximum Gasteiger partial charge on any atom is 0.257 e. The fraction of sp³-hybridized carbons (Fsp3) is 0.188. The molecule has 0 unspecified atom stereocenters. The molecule has 0 spiro atoms. The molecule has 2 nitrogen and oxygen atoms in total. The Hall–Kier alpha value is -1.32. The summed E-state index contributed by atoms with van der Waals surface area (Å²) in [6.07, 6.45) is 0. The van der Waals surface area contributed by atoms with Crippen LogP contribution in [-0.4, -0.2) is 5.91 Å². The summed E-state index contributed by atoms with van der Waals surface area (Å²) in [7, 11) is 0. The Morgan fingerprint density at radius 1 is 1.15 bits per heavy atom. The topological polar surface area (TPSA) is 29.1 Å². The number of hydrogen-bond donors (Lipinski definition) is 1. The van der Waals surface area contributed by atoms with Crippen LogP contribution in [0.5, 0.6) is 0 Å². The molecule has 0 heterocycles. The van der Waals surface area contributed by atoms with Crippen LogP contribution in [0.4, 0.5) is 5.69 Å². The fourth-order valence-corrected chi connectivity index (χ4v) is 3.06. The van der Waals surface area contributed by atoms with Gasteiger partial charge in [-0.2, -0.15) is 0 Å². The lowest BCUT2D eigenvalue weighted by molar-refractivity contribution is 0.102. The van der Waals surface area contributed by atoms with Gasteiger partial charge >= 0.3 is 0 Å². The van der Waals surface area contributed by atoms with Crippen molar-refractivity contribution in [1.82, 2.24) is 0 Å². The van der Waals surface area contributed by atoms with E-state index >= 15 is 0 Å². The predicted molar refractivity (Wildman–Crippen MR) is 87.8 cm³/mol. The van der Waals surface area contributed by atoms with Crippen molar-refractivity contribution in [2.75, 3.05) is 5.32 Å². The van der Waals surface area contributed by atoms with Crippen molar-refractivity contribution in [1.29, 1.82) is 0 Å². The quantitative estimate of drug-likeness (QED) is 0.782. The number of carbonyl (C=O) groups is 1. The third kappa shape index (κ3) is 3.05. The highest BCUT2D eigenvalue weighted by atomic mass is 79.9. The summed E-state index contributed by atoms with van der Waals surface area (Å²) in [6.45, 7) is 5.86. The zero-order chi connectivity index (χ0) is 14.9. The molecule has 0 aliphatic heterocycles. The van der Waals surface area contributed by atoms with E-state index in [1.165, 1.54) is 0 Å². The zero-order valence-electron chi connectivity index (χ0n) is 11.6. The van der Waals surface area contributed by atoms with Crippen LogP contribution in [0.15, 0.2) is 34.8 Å². The first-order valence-corrected chi connectivity index (χ1v) is 7.40. The molecule has 1 amide bonds. The monoisotopic (exact) mass is 351 g/mol. The Labute approximate surface area is 132 Å². The van der Waals surface area contributed by atoms with Crippen molar-refractivity contribution in [3.63, 3.8) is 0 Å². The average molecular weight is 353 g/mol. The van der Waals surface area contributed by atoms with Gasteiger partial charge in [0.1, 0.15) is 0 Å². The van der Waals surface area contributed by atoms with Gasteiger partial charge < -0.3 is 5.32 Å². The van der Waals surface area contributed by atoms with Gasteiger partial charge in [0, 0.05) is 4.47 Å². The second-order valence-electron chi connectivity index (χ2n) is 4.83. The maximum atomic E-state index is 12.4. The Balaban J connectivity index is 2.36. The van der Waals surface area contributed by atoms with Crippen molar-refractivity contribution in [3.05, 3.63) is 62.1 Å². The molecule has 0 fully saturated rings. The van der Waals surface area contributed by atoms with E-state index in [9.17, 15) is 4.79 Å². The van der Waals surface area contributed by atoms with E-state index in [1.807, 2.05) is 45.0 Å². The second kappa shape index (κ2) is 5.98. The molecule has 0 aliphatic carbocycles. The van der Waals surface area contributed by atoms with E-state index in [4.69, 9.17) is 11.6 Å². The SMILES string of the molecule is Cc1cc(C)c(NC(=O)c2cccc(C)c2Cl)c(Br)c1. The third-order valence-electron chi connectivity index (χ3n) is 3.11. The summed E-state index contributed by atoms with van der Waals surface area (Å²) in [5, 5.41) is 3.41. The van der Waals surface area contributed by atoms with Crippen LogP contribution >= 0.6 is 27.5 Å². The van der Waals surface area contributed by atoms with Gasteiger partial charge in [-0.1, -0.05) is 29.8 Å². The molecule has 4 heteroatoms. The molecule has 0 saturated heterocycles. The Bertz CT molecular complexity index is 659. The van der Waals surface area contributed by atoms with E-state index in [-0.39, 0.29) is 5.91 Å². The minimum atomic E-state index is -0.202. The molecular formula is C16H15BrClNO. The highest BCUT2D eigenvalue weighted by molar-refractivity contribution is 9.10. The van der Waals surface area contributed by atoms with E-state index in [0.717, 1.165) is 26.9 Å². The van der Waals surface area contributed by atoms with Gasteiger partial charge in [0.2, 0.25) is 0 Å². The van der Waals surface area contributed by atoms with Crippen LogP contribution in [0.3, 0.4) is 0 Å². The molecule has 104 valence electrons. The first-order chi connectivity index (χ1) is 9.40. The average Bonchev–Trinajstić information content (AvgIpc) is 2.36. The predicted octanol–water partition coefficient (Wildman–Crippen LogP) is 5.28. The van der Waals surface area contributed by atoms with Gasteiger partial charge in [-0.05, 0) is 65.5 Å². The van der Waals surface area contributed by atoms with Crippen LogP contribution < -0.4 is 5.32 Å². The van der Waals surface area contributed by atoms with Gasteiger partial charge in [0.25, 0.3) is 5.91 Å². The molecular weight excluding hydrogens is 338 g/mol. The standard InChI is InChI=1S/C16H15BrClNO/c1-9-7-11(3)15(13(17)8-9)19-16(20)12-6-4-5-10(2)14(12)18/h4-8H,1-3H3,(H,19,20). The van der Waals surface area contributed by atoms with Crippen LogP contribution in [0.1, 0.15) is 27.0 Å². The van der Waals surface area contributed by atoms with Gasteiger partial charge in [0.15, 0.2) is 0 Å². The van der Waals surface area contributed by atoms with Crippen LogP contribution in [0, 0.1) is 20.8 Å². The van der Waals surface area contributed by atoms with Gasteiger partial charge in [-0.3, -0.25) is 4.79 Å². The van der Waals surface area contributed by atoms with E-state index in [0.29, 0.717) is 10.6 Å². The first kappa shape index (κ1) is 15.1. The van der Waals surface area contributed by atoms with Gasteiger partial charge in [-0.25, -0.2) is 0 Å². The number of anilines is 1. The lowest BCUT2D eigenvalue weighted by Crippen LogP contribution is -2.14. The van der Waals surface area contributed by atoms with Crippen LogP contribution in [0.2, 0.25) is 5.02 Å². The summed E-state index contributed by atoms with van der Waals surface area (Å²) in [6, 6.07) is 9.43. The molecule has 2 aromatic carbocycles. The number of halogens is 2. The van der Waals surface area contributed by atoms with Gasteiger partial charge in [0.05, 0.1) is 16.3 Å². The molecule has 0 aromatic heterocycles. The first-order valence-electron chi connectivity index (χ1n) is 6.23. The highest BCUT2D eigenvalue weighted by Gasteiger charge is 2.14. The molecule has 1 N–H and O–H groups in total. The summed E-state index contributed by atoms with van der Waals surface area (Å²) in [5.74, 6) is -0.202. The molecule has 0 atom stereocenters. The Kier molecular flexibility index (Phi) is 4.51. The van der Waals surface area contributed by atoms with Crippen molar-refractivity contribution < 1.29 is 4.79 Å². The summed E-state index contributed by atoms with van der Waals surface area (Å²) >= 11 is 9.67. The lowest BCUT2D eigenvalue weighted by Gasteiger charge is -2.13. The van der Waals surface area contributed by atoms with Crippen LogP contribution in [0.25, 0.3) is 0 Å². The van der Waals surface area contributed by atoms with E-state index < -0.39 is 0 Å². The normalized spacial score (nSPS) is 10.4. The zero-order valence-corrected chi connectivity index (χ0v) is 13.9. The Morgan fingerprint density at radius 2 is 1.85 bits per heavy atom. The number of hydrogen-bond acceptors (Lipinski definition) is 1. The molecule has 0 radical (unpaired) electrons. The smallest absolute Gasteiger partial charge is 0.257 e. The number of nitrogens with one attached hydrogen (secondary N) is 1. The lowest BCUT2D eigenvalue weighted by atomic mass is 10.1. The summed E-state index contributed by atoms with van der Waals surface area (Å²) < 4.78 is 0.868. The minimum Gasteiger partial charge on any atom is -0.321 e. The van der Waals surface area contributed by atoms with Crippen molar-refractivity contribution in [2.45, 2.75) is 20.8 Å². The summed E-state index contributed by atoms with van der Waals surface area (Å²) in [4.78, 5) is 12.4.